The lowest BCUT2D eigenvalue weighted by Gasteiger charge is -2.35. The van der Waals surface area contributed by atoms with Gasteiger partial charge in [-0.25, -0.2) is 14.6 Å². The molecule has 6 N–H and O–H groups in total. The Morgan fingerprint density at radius 1 is 1.19 bits per heavy atom. The number of aliphatic hydroxyl groups excluding tert-OH is 2. The summed E-state index contributed by atoms with van der Waals surface area (Å²) in [7, 11) is -2.92. The third kappa shape index (κ3) is 6.67. The van der Waals surface area contributed by atoms with E-state index < -0.39 is 50.7 Å². The molecular weight excluding hydrogens is 631 g/mol. The molecule has 16 heteroatoms. The first-order chi connectivity index (χ1) is 22.4. The molecule has 15 nitrogen and oxygen atoms in total. The monoisotopic (exact) mass is 672 g/mol. The van der Waals surface area contributed by atoms with Gasteiger partial charge in [0.05, 0.1) is 32.2 Å². The van der Waals surface area contributed by atoms with E-state index in [9.17, 15) is 19.9 Å². The predicted molar refractivity (Wildman–Crippen MR) is 171 cm³/mol. The van der Waals surface area contributed by atoms with E-state index in [1.807, 2.05) is 44.2 Å². The quantitative estimate of drug-likeness (QED) is 0.102. The number of aliphatic hydroxyl groups is 3. The Kier molecular flexibility index (Phi) is 9.44. The molecule has 0 radical (unpaired) electrons. The summed E-state index contributed by atoms with van der Waals surface area (Å²) in [5.74, 6) is 0.0715. The molecule has 47 heavy (non-hydrogen) atoms. The molecule has 6 rings (SSSR count). The van der Waals surface area contributed by atoms with Crippen molar-refractivity contribution in [3.63, 3.8) is 0 Å². The molecule has 2 aromatic heterocycles. The summed E-state index contributed by atoms with van der Waals surface area (Å²) in [6.07, 6.45) is -1.25. The first-order valence-corrected chi connectivity index (χ1v) is 17.1. The molecule has 1 aliphatic heterocycles. The molecule has 3 unspecified atom stereocenters. The van der Waals surface area contributed by atoms with E-state index in [-0.39, 0.29) is 40.8 Å². The van der Waals surface area contributed by atoms with Crippen molar-refractivity contribution in [1.29, 1.82) is 0 Å². The van der Waals surface area contributed by atoms with E-state index in [2.05, 4.69) is 20.0 Å². The average Bonchev–Trinajstić information content (AvgIpc) is 3.53. The fourth-order valence-corrected chi connectivity index (χ4v) is 7.51. The van der Waals surface area contributed by atoms with Crippen molar-refractivity contribution < 1.29 is 43.1 Å². The smallest absolute Gasteiger partial charge is 0.459 e. The minimum absolute atomic E-state index is 0.0880. The zero-order chi connectivity index (χ0) is 33.5. The number of anilines is 1. The van der Waals surface area contributed by atoms with Gasteiger partial charge in [-0.15, -0.1) is 0 Å². The van der Waals surface area contributed by atoms with Crippen LogP contribution >= 0.6 is 7.75 Å². The van der Waals surface area contributed by atoms with Crippen LogP contribution in [0.4, 0.5) is 5.95 Å². The standard InChI is InChI=1S/C31H41N6O9P/c1-17(2)23(28(39)44-19-11-8-12-19)36-47(41,46-21-14-7-10-18-9-5-6-13-20(18)21)43-15-22-25(38)31(3,40)29(45-22)37-16-33-24-26(37)34-30(32)35-27(24)42-4/h5-7,9-10,13-14,16-17,19,22-23,25,28-29,38-40H,8,11-12,15H2,1-4H3,(H,36,41)(H2,32,34,35)/t22-,23+,25-,28?,29?,31-,47?/m1/s1. The Bertz CT molecular complexity index is 1760. The molecule has 2 fully saturated rings. The molecule has 3 heterocycles. The zero-order valence-electron chi connectivity index (χ0n) is 26.6. The molecule has 1 saturated heterocycles. The maximum absolute atomic E-state index is 14.7. The number of hydrogen-bond acceptors (Lipinski definition) is 13. The Hall–Kier alpha value is -3.40. The van der Waals surface area contributed by atoms with E-state index in [0.717, 1.165) is 24.6 Å². The lowest BCUT2D eigenvalue weighted by molar-refractivity contribution is -0.174. The largest absolute Gasteiger partial charge is 0.479 e. The van der Waals surface area contributed by atoms with E-state index in [1.165, 1.54) is 24.9 Å². The second-order valence-electron chi connectivity index (χ2n) is 12.5. The van der Waals surface area contributed by atoms with Crippen LogP contribution in [-0.2, 0) is 18.6 Å². The molecule has 2 aliphatic rings. The second kappa shape index (κ2) is 13.2. The Morgan fingerprint density at radius 3 is 2.64 bits per heavy atom. The van der Waals surface area contributed by atoms with Gasteiger partial charge in [0, 0.05) is 5.39 Å². The van der Waals surface area contributed by atoms with Crippen molar-refractivity contribution in [2.75, 3.05) is 19.5 Å². The average molecular weight is 673 g/mol. The lowest BCUT2D eigenvalue weighted by atomic mass is 9.96. The number of aromatic nitrogens is 4. The van der Waals surface area contributed by atoms with Crippen LogP contribution in [0.1, 0.15) is 46.3 Å². The maximum Gasteiger partial charge on any atom is 0.459 e. The highest BCUT2D eigenvalue weighted by molar-refractivity contribution is 7.52. The number of rotatable bonds is 13. The first-order valence-electron chi connectivity index (χ1n) is 15.5. The number of nitrogens with one attached hydrogen (secondary N) is 1. The lowest BCUT2D eigenvalue weighted by Crippen LogP contribution is -2.47. The van der Waals surface area contributed by atoms with E-state index in [0.29, 0.717) is 5.39 Å². The number of ether oxygens (including phenoxy) is 3. The molecule has 1 saturated carbocycles. The number of benzene rings is 2. The highest BCUT2D eigenvalue weighted by Crippen LogP contribution is 2.49. The topological polar surface area (TPSA) is 206 Å². The van der Waals surface area contributed by atoms with Crippen LogP contribution in [0.3, 0.4) is 0 Å². The van der Waals surface area contributed by atoms with Gasteiger partial charge in [0.25, 0.3) is 0 Å². The van der Waals surface area contributed by atoms with E-state index in [4.69, 9.17) is 29.0 Å². The molecule has 0 amide bonds. The zero-order valence-corrected chi connectivity index (χ0v) is 27.5. The highest BCUT2D eigenvalue weighted by atomic mass is 31.2. The van der Waals surface area contributed by atoms with Crippen molar-refractivity contribution >= 4 is 35.6 Å². The SMILES string of the molecule is COc1nc(N)nc2c1ncn2C1O[C@H](COP(=O)(N[C@@H](C(C)C)C(O)OC2CCC2)Oc2cccc3ccccc23)[C@@H](O)[C@@]1(C)O. The van der Waals surface area contributed by atoms with Gasteiger partial charge in [-0.1, -0.05) is 50.2 Å². The van der Waals surface area contributed by atoms with Crippen molar-refractivity contribution in [2.45, 2.75) is 82.5 Å². The summed E-state index contributed by atoms with van der Waals surface area (Å²) in [5.41, 5.74) is 4.47. The van der Waals surface area contributed by atoms with E-state index in [1.54, 1.807) is 12.1 Å². The van der Waals surface area contributed by atoms with Gasteiger partial charge in [0.2, 0.25) is 11.8 Å². The maximum atomic E-state index is 14.7. The van der Waals surface area contributed by atoms with Crippen molar-refractivity contribution in [1.82, 2.24) is 24.6 Å². The predicted octanol–water partition coefficient (Wildman–Crippen LogP) is 3.29. The minimum Gasteiger partial charge on any atom is -0.479 e. The normalized spacial score (nSPS) is 25.9. The summed E-state index contributed by atoms with van der Waals surface area (Å²) in [4.78, 5) is 12.5. The fraction of sp³-hybridized carbons (Fsp3) is 0.516. The molecule has 254 valence electrons. The Balaban J connectivity index is 1.28. The van der Waals surface area contributed by atoms with Crippen LogP contribution in [-0.4, -0.2) is 84.8 Å². The number of hydrogen-bond donors (Lipinski definition) is 5. The van der Waals surface area contributed by atoms with E-state index >= 15 is 0 Å². The Labute approximate surface area is 271 Å². The number of imidazole rings is 1. The van der Waals surface area contributed by atoms with Crippen LogP contribution in [0.2, 0.25) is 0 Å². The number of fused-ring (bicyclic) bond motifs is 2. The summed E-state index contributed by atoms with van der Waals surface area (Å²) >= 11 is 0. The van der Waals surface area contributed by atoms with Crippen LogP contribution in [0.25, 0.3) is 21.9 Å². The van der Waals surface area contributed by atoms with Crippen LogP contribution in [0.15, 0.2) is 48.8 Å². The number of methoxy groups -OCH3 is 1. The van der Waals surface area contributed by atoms with Crippen molar-refractivity contribution in [3.8, 4) is 11.6 Å². The van der Waals surface area contributed by atoms with Gasteiger partial charge in [-0.05, 0) is 43.6 Å². The molecule has 0 spiro atoms. The van der Waals surface area contributed by atoms with Gasteiger partial charge < -0.3 is 39.8 Å². The van der Waals surface area contributed by atoms with Gasteiger partial charge >= 0.3 is 7.75 Å². The molecule has 0 bridgehead atoms. The summed E-state index contributed by atoms with van der Waals surface area (Å²) in [6, 6.07) is 11.9. The molecule has 4 aromatic rings. The highest BCUT2D eigenvalue weighted by Gasteiger charge is 2.54. The first kappa shape index (κ1) is 33.5. The van der Waals surface area contributed by atoms with Crippen LogP contribution in [0, 0.1) is 5.92 Å². The van der Waals surface area contributed by atoms with Crippen molar-refractivity contribution in [2.24, 2.45) is 5.92 Å². The number of nitrogens with two attached hydrogens (primary N) is 1. The third-order valence-corrected chi connectivity index (χ3v) is 10.2. The minimum atomic E-state index is -4.34. The van der Waals surface area contributed by atoms with Crippen molar-refractivity contribution in [3.05, 3.63) is 48.8 Å². The van der Waals surface area contributed by atoms with Gasteiger partial charge in [0.15, 0.2) is 23.7 Å². The second-order valence-corrected chi connectivity index (χ2v) is 14.1. The molecular formula is C31H41N6O9P. The molecule has 1 aliphatic carbocycles. The van der Waals surface area contributed by atoms with Gasteiger partial charge in [-0.2, -0.15) is 9.97 Å². The molecule has 2 aromatic carbocycles. The summed E-state index contributed by atoms with van der Waals surface area (Å²) in [5, 5.41) is 38.2. The number of nitrogen functional groups attached to an aromatic ring is 1. The van der Waals surface area contributed by atoms with Gasteiger partial charge in [0.1, 0.15) is 23.6 Å². The third-order valence-electron chi connectivity index (χ3n) is 8.70. The van der Waals surface area contributed by atoms with Crippen LogP contribution in [0.5, 0.6) is 11.6 Å². The van der Waals surface area contributed by atoms with Crippen LogP contribution < -0.4 is 20.1 Å². The number of nitrogens with zero attached hydrogens (tertiary/aromatic N) is 4. The summed E-state index contributed by atoms with van der Waals surface area (Å²) in [6.45, 7) is 4.61. The molecule has 7 atom stereocenters. The Morgan fingerprint density at radius 2 is 1.94 bits per heavy atom. The fourth-order valence-electron chi connectivity index (χ4n) is 5.78. The van der Waals surface area contributed by atoms with Gasteiger partial charge in [-0.3, -0.25) is 9.09 Å². The summed E-state index contributed by atoms with van der Waals surface area (Å²) < 4.78 is 45.4.